The van der Waals surface area contributed by atoms with Crippen LogP contribution in [0.5, 0.6) is 0 Å². The summed E-state index contributed by atoms with van der Waals surface area (Å²) in [6.45, 7) is 7.24. The van der Waals surface area contributed by atoms with Crippen LogP contribution in [0.15, 0.2) is 47.4 Å². The molecule has 1 aliphatic rings. The summed E-state index contributed by atoms with van der Waals surface area (Å²) < 4.78 is 27.9. The Morgan fingerprint density at radius 2 is 1.79 bits per heavy atom. The average molecular weight is 487 g/mol. The first kappa shape index (κ1) is 23.7. The van der Waals surface area contributed by atoms with Gasteiger partial charge in [0.1, 0.15) is 0 Å². The van der Waals surface area contributed by atoms with Gasteiger partial charge < -0.3 is 9.80 Å². The van der Waals surface area contributed by atoms with E-state index in [0.29, 0.717) is 25.2 Å². The Bertz CT molecular complexity index is 1230. The van der Waals surface area contributed by atoms with Gasteiger partial charge in [-0.1, -0.05) is 30.7 Å². The normalized spacial score (nSPS) is 14.9. The number of rotatable bonds is 7. The summed E-state index contributed by atoms with van der Waals surface area (Å²) in [6, 6.07) is 12.6. The topological polar surface area (TPSA) is 73.8 Å². The molecule has 1 fully saturated rings. The Morgan fingerprint density at radius 3 is 2.45 bits per heavy atom. The summed E-state index contributed by atoms with van der Waals surface area (Å²) in [7, 11) is -1.94. The van der Waals surface area contributed by atoms with Crippen LogP contribution in [-0.4, -0.2) is 68.3 Å². The molecule has 1 aliphatic heterocycles. The van der Waals surface area contributed by atoms with Gasteiger partial charge in [-0.05, 0) is 55.3 Å². The standard InChI is InChI=1S/C24H30N4O3S2/c1-4-5-12-26(3)33(30,31)20-9-7-19(8-10-20)23(29)27-13-15-28(16-14-27)24-25-21-11-6-18(2)17-22(21)32-24/h6-11,17H,4-5,12-16H2,1-3H3. The van der Waals surface area contributed by atoms with Crippen molar-refractivity contribution in [2.75, 3.05) is 44.7 Å². The minimum Gasteiger partial charge on any atom is -0.345 e. The molecule has 0 unspecified atom stereocenters. The van der Waals surface area contributed by atoms with E-state index in [0.717, 1.165) is 36.6 Å². The molecule has 7 nitrogen and oxygen atoms in total. The summed E-state index contributed by atoms with van der Waals surface area (Å²) in [4.78, 5) is 22.0. The number of aromatic nitrogens is 1. The van der Waals surface area contributed by atoms with E-state index in [4.69, 9.17) is 4.98 Å². The number of carbonyl (C=O) groups excluding carboxylic acids is 1. The van der Waals surface area contributed by atoms with E-state index >= 15 is 0 Å². The van der Waals surface area contributed by atoms with Crippen LogP contribution in [0.4, 0.5) is 5.13 Å². The molecule has 176 valence electrons. The summed E-state index contributed by atoms with van der Waals surface area (Å²) in [5.74, 6) is -0.0714. The molecule has 33 heavy (non-hydrogen) atoms. The molecular formula is C24H30N4O3S2. The Morgan fingerprint density at radius 1 is 1.09 bits per heavy atom. The number of unbranched alkanes of at least 4 members (excludes halogenated alkanes) is 1. The second-order valence-electron chi connectivity index (χ2n) is 8.45. The van der Waals surface area contributed by atoms with Crippen molar-refractivity contribution in [3.05, 3.63) is 53.6 Å². The molecule has 1 aromatic heterocycles. The van der Waals surface area contributed by atoms with Gasteiger partial charge in [0.25, 0.3) is 5.91 Å². The molecule has 1 amide bonds. The Hall–Kier alpha value is -2.49. The van der Waals surface area contributed by atoms with Crippen LogP contribution in [0, 0.1) is 6.92 Å². The Labute approximate surface area is 199 Å². The zero-order valence-corrected chi connectivity index (χ0v) is 21.0. The van der Waals surface area contributed by atoms with Gasteiger partial charge in [0, 0.05) is 45.3 Å². The molecule has 4 rings (SSSR count). The third kappa shape index (κ3) is 5.05. The van der Waals surface area contributed by atoms with Crippen LogP contribution in [0.1, 0.15) is 35.7 Å². The van der Waals surface area contributed by atoms with Gasteiger partial charge in [0.15, 0.2) is 5.13 Å². The molecule has 0 bridgehead atoms. The highest BCUT2D eigenvalue weighted by Gasteiger charge is 2.25. The van der Waals surface area contributed by atoms with Crippen molar-refractivity contribution < 1.29 is 13.2 Å². The quantitative estimate of drug-likeness (QED) is 0.505. The molecule has 2 heterocycles. The summed E-state index contributed by atoms with van der Waals surface area (Å²) in [5, 5.41) is 0.990. The predicted octanol–water partition coefficient (Wildman–Crippen LogP) is 3.99. The van der Waals surface area contributed by atoms with Gasteiger partial charge in [-0.2, -0.15) is 0 Å². The molecule has 0 saturated carbocycles. The Balaban J connectivity index is 1.39. The van der Waals surface area contributed by atoms with Crippen LogP contribution in [0.2, 0.25) is 0 Å². The van der Waals surface area contributed by atoms with E-state index in [-0.39, 0.29) is 10.8 Å². The Kier molecular flexibility index (Phi) is 7.02. The lowest BCUT2D eigenvalue weighted by Crippen LogP contribution is -2.48. The van der Waals surface area contributed by atoms with Gasteiger partial charge in [-0.15, -0.1) is 0 Å². The van der Waals surface area contributed by atoms with Crippen molar-refractivity contribution in [3.63, 3.8) is 0 Å². The van der Waals surface area contributed by atoms with Crippen LogP contribution in [0.25, 0.3) is 10.2 Å². The molecular weight excluding hydrogens is 456 g/mol. The maximum absolute atomic E-state index is 13.0. The van der Waals surface area contributed by atoms with Crippen molar-refractivity contribution in [2.24, 2.45) is 0 Å². The molecule has 0 N–H and O–H groups in total. The highest BCUT2D eigenvalue weighted by Crippen LogP contribution is 2.30. The van der Waals surface area contributed by atoms with Crippen LogP contribution in [0.3, 0.4) is 0 Å². The third-order valence-corrected chi connectivity index (χ3v) is 8.96. The van der Waals surface area contributed by atoms with E-state index in [1.807, 2.05) is 11.8 Å². The number of fused-ring (bicyclic) bond motifs is 1. The zero-order chi connectivity index (χ0) is 23.6. The second kappa shape index (κ2) is 9.79. The number of nitrogens with zero attached hydrogens (tertiary/aromatic N) is 4. The first-order chi connectivity index (χ1) is 15.8. The molecule has 0 spiro atoms. The second-order valence-corrected chi connectivity index (χ2v) is 11.5. The van der Waals surface area contributed by atoms with Crippen molar-refractivity contribution >= 4 is 42.6 Å². The number of thiazole rings is 1. The van der Waals surface area contributed by atoms with E-state index in [9.17, 15) is 13.2 Å². The number of carbonyl (C=O) groups is 1. The maximum atomic E-state index is 13.0. The van der Waals surface area contributed by atoms with Crippen LogP contribution >= 0.6 is 11.3 Å². The SMILES string of the molecule is CCCCN(C)S(=O)(=O)c1ccc(C(=O)N2CCN(c3nc4ccc(C)cc4s3)CC2)cc1. The fourth-order valence-electron chi connectivity index (χ4n) is 3.89. The van der Waals surface area contributed by atoms with E-state index in [1.54, 1.807) is 30.5 Å². The highest BCUT2D eigenvalue weighted by atomic mass is 32.2. The van der Waals surface area contributed by atoms with E-state index < -0.39 is 10.0 Å². The number of sulfonamides is 1. The molecule has 0 radical (unpaired) electrons. The van der Waals surface area contributed by atoms with Gasteiger partial charge in [-0.3, -0.25) is 4.79 Å². The van der Waals surface area contributed by atoms with Crippen molar-refractivity contribution in [3.8, 4) is 0 Å². The smallest absolute Gasteiger partial charge is 0.253 e. The number of anilines is 1. The summed E-state index contributed by atoms with van der Waals surface area (Å²) in [6.07, 6.45) is 1.74. The lowest BCUT2D eigenvalue weighted by Gasteiger charge is -2.34. The number of amides is 1. The monoisotopic (exact) mass is 486 g/mol. The largest absolute Gasteiger partial charge is 0.345 e. The minimum atomic E-state index is -3.53. The molecule has 2 aromatic carbocycles. The third-order valence-electron chi connectivity index (χ3n) is 6.01. The lowest BCUT2D eigenvalue weighted by molar-refractivity contribution is 0.0746. The maximum Gasteiger partial charge on any atom is 0.253 e. The number of hydrogen-bond acceptors (Lipinski definition) is 6. The fraction of sp³-hybridized carbons (Fsp3) is 0.417. The first-order valence-electron chi connectivity index (χ1n) is 11.3. The first-order valence-corrected chi connectivity index (χ1v) is 13.5. The van der Waals surface area contributed by atoms with Crippen molar-refractivity contribution in [1.82, 2.24) is 14.2 Å². The molecule has 9 heteroatoms. The van der Waals surface area contributed by atoms with Gasteiger partial charge in [-0.25, -0.2) is 17.7 Å². The molecule has 0 atom stereocenters. The fourth-order valence-corrected chi connectivity index (χ4v) is 6.21. The van der Waals surface area contributed by atoms with Crippen LogP contribution in [-0.2, 0) is 10.0 Å². The molecule has 1 saturated heterocycles. The van der Waals surface area contributed by atoms with E-state index in [2.05, 4.69) is 30.0 Å². The van der Waals surface area contributed by atoms with Gasteiger partial charge in [0.2, 0.25) is 10.0 Å². The minimum absolute atomic E-state index is 0.0714. The predicted molar refractivity (Wildman–Crippen MR) is 134 cm³/mol. The van der Waals surface area contributed by atoms with Gasteiger partial charge in [0.05, 0.1) is 15.1 Å². The summed E-state index contributed by atoms with van der Waals surface area (Å²) in [5.41, 5.74) is 2.74. The number of aryl methyl sites for hydroxylation is 1. The number of hydrogen-bond donors (Lipinski definition) is 0. The lowest BCUT2D eigenvalue weighted by atomic mass is 10.2. The zero-order valence-electron chi connectivity index (χ0n) is 19.3. The highest BCUT2D eigenvalue weighted by molar-refractivity contribution is 7.89. The summed E-state index contributed by atoms with van der Waals surface area (Å²) >= 11 is 1.69. The average Bonchev–Trinajstić information content (AvgIpc) is 3.25. The van der Waals surface area contributed by atoms with Crippen molar-refractivity contribution in [1.29, 1.82) is 0 Å². The van der Waals surface area contributed by atoms with E-state index in [1.165, 1.54) is 26.7 Å². The van der Waals surface area contributed by atoms with Crippen LogP contribution < -0.4 is 4.90 Å². The number of benzene rings is 2. The molecule has 3 aromatic rings. The molecule has 0 aliphatic carbocycles. The van der Waals surface area contributed by atoms with Crippen molar-refractivity contribution in [2.45, 2.75) is 31.6 Å². The van der Waals surface area contributed by atoms with Gasteiger partial charge >= 0.3 is 0 Å². The number of piperazine rings is 1.